The lowest BCUT2D eigenvalue weighted by Crippen LogP contribution is -2.40. The Morgan fingerprint density at radius 2 is 1.97 bits per heavy atom. The van der Waals surface area contributed by atoms with Crippen LogP contribution in [0.5, 0.6) is 11.5 Å². The third-order valence-corrected chi connectivity index (χ3v) is 7.06. The van der Waals surface area contributed by atoms with Gasteiger partial charge >= 0.3 is 0 Å². The highest BCUT2D eigenvalue weighted by molar-refractivity contribution is 5.76. The summed E-state index contributed by atoms with van der Waals surface area (Å²) >= 11 is 0. The van der Waals surface area contributed by atoms with Gasteiger partial charge in [-0.15, -0.1) is 0 Å². The van der Waals surface area contributed by atoms with Crippen LogP contribution in [0.25, 0.3) is 0 Å². The number of hydrogen-bond acceptors (Lipinski definition) is 7. The van der Waals surface area contributed by atoms with Crippen molar-refractivity contribution in [3.05, 3.63) is 41.3 Å². The van der Waals surface area contributed by atoms with Crippen molar-refractivity contribution in [2.75, 3.05) is 40.4 Å². The zero-order chi connectivity index (χ0) is 23.8. The summed E-state index contributed by atoms with van der Waals surface area (Å²) in [7, 11) is 3.23. The molecule has 2 fully saturated rings. The second-order valence-electron chi connectivity index (χ2n) is 9.51. The van der Waals surface area contributed by atoms with E-state index in [0.29, 0.717) is 36.3 Å². The second-order valence-corrected chi connectivity index (χ2v) is 9.51. The molecule has 0 bridgehead atoms. The first-order valence-electron chi connectivity index (χ1n) is 12.5. The molecule has 2 atom stereocenters. The molecule has 2 N–H and O–H groups in total. The second kappa shape index (κ2) is 12.2. The number of likely N-dealkylation sites (tertiary alicyclic amines) is 1. The quantitative estimate of drug-likeness (QED) is 0.551. The Bertz CT molecular complexity index is 925. The minimum Gasteiger partial charge on any atom is -0.493 e. The summed E-state index contributed by atoms with van der Waals surface area (Å²) in [5, 5.41) is 10.9. The lowest BCUT2D eigenvalue weighted by Gasteiger charge is -2.31. The fourth-order valence-corrected chi connectivity index (χ4v) is 5.12. The van der Waals surface area contributed by atoms with E-state index in [1.165, 1.54) is 19.3 Å². The van der Waals surface area contributed by atoms with Gasteiger partial charge < -0.3 is 24.6 Å². The number of rotatable bonds is 10. The number of amides is 1. The molecule has 0 saturated carbocycles. The number of ether oxygens (including phenoxy) is 2. The molecule has 2 saturated heterocycles. The monoisotopic (exact) mass is 470 g/mol. The Kier molecular flexibility index (Phi) is 8.82. The molecular formula is C26H38N4O4. The number of hydrogen-bond donors (Lipinski definition) is 2. The predicted molar refractivity (Wildman–Crippen MR) is 130 cm³/mol. The van der Waals surface area contributed by atoms with Crippen molar-refractivity contribution in [1.29, 1.82) is 0 Å². The van der Waals surface area contributed by atoms with Crippen LogP contribution in [-0.4, -0.2) is 56.4 Å². The van der Waals surface area contributed by atoms with Crippen LogP contribution >= 0.6 is 0 Å². The molecule has 0 unspecified atom stereocenters. The number of benzene rings is 1. The molecule has 1 amide bonds. The van der Waals surface area contributed by atoms with Crippen LogP contribution in [-0.2, 0) is 24.3 Å². The third-order valence-electron chi connectivity index (χ3n) is 7.06. The highest BCUT2D eigenvalue weighted by atomic mass is 16.5. The topological polar surface area (TPSA) is 88.9 Å². The van der Waals surface area contributed by atoms with E-state index in [-0.39, 0.29) is 5.91 Å². The standard InChI is InChI=1S/C26H38N4O4/c1-32-24-7-6-19(12-25(24)33-2)16-28-26(31)14-20-8-9-27-17-21(20)13-22-15-23(34-29-22)18-30-10-4-3-5-11-30/h6-7,12,15,20-21,27H,3-5,8-11,13-14,16-18H2,1-2H3,(H,28,31)/t20-,21-/m0/s1. The molecule has 34 heavy (non-hydrogen) atoms. The number of carbonyl (C=O) groups excluding carboxylic acids is 1. The Hall–Kier alpha value is -2.58. The van der Waals surface area contributed by atoms with E-state index in [9.17, 15) is 4.79 Å². The highest BCUT2D eigenvalue weighted by Gasteiger charge is 2.28. The van der Waals surface area contributed by atoms with Crippen LogP contribution in [0.2, 0.25) is 0 Å². The fraction of sp³-hybridized carbons (Fsp3) is 0.615. The highest BCUT2D eigenvalue weighted by Crippen LogP contribution is 2.28. The molecule has 3 heterocycles. The summed E-state index contributed by atoms with van der Waals surface area (Å²) in [6.45, 7) is 5.45. The molecule has 2 aromatic rings. The molecule has 0 radical (unpaired) electrons. The van der Waals surface area contributed by atoms with Crippen molar-refractivity contribution >= 4 is 5.91 Å². The summed E-state index contributed by atoms with van der Waals surface area (Å²) in [6, 6.07) is 7.82. The van der Waals surface area contributed by atoms with E-state index < -0.39 is 0 Å². The molecule has 8 heteroatoms. The summed E-state index contributed by atoms with van der Waals surface area (Å²) in [5.74, 6) is 3.08. The molecule has 4 rings (SSSR count). The Labute approximate surface area is 202 Å². The van der Waals surface area contributed by atoms with Gasteiger partial charge in [-0.05, 0) is 81.4 Å². The zero-order valence-electron chi connectivity index (χ0n) is 20.5. The molecule has 186 valence electrons. The van der Waals surface area contributed by atoms with Gasteiger partial charge in [0.05, 0.1) is 26.5 Å². The lowest BCUT2D eigenvalue weighted by atomic mass is 9.81. The van der Waals surface area contributed by atoms with Gasteiger partial charge in [-0.25, -0.2) is 0 Å². The van der Waals surface area contributed by atoms with Crippen LogP contribution in [0.3, 0.4) is 0 Å². The van der Waals surface area contributed by atoms with E-state index in [0.717, 1.165) is 62.6 Å². The van der Waals surface area contributed by atoms with Crippen molar-refractivity contribution in [2.45, 2.75) is 51.6 Å². The Morgan fingerprint density at radius 3 is 2.76 bits per heavy atom. The summed E-state index contributed by atoms with van der Waals surface area (Å²) in [4.78, 5) is 15.2. The van der Waals surface area contributed by atoms with Gasteiger partial charge in [0.25, 0.3) is 0 Å². The first-order valence-corrected chi connectivity index (χ1v) is 12.5. The van der Waals surface area contributed by atoms with Crippen LogP contribution in [0.15, 0.2) is 28.8 Å². The van der Waals surface area contributed by atoms with E-state index in [1.54, 1.807) is 14.2 Å². The van der Waals surface area contributed by atoms with Crippen molar-refractivity contribution in [1.82, 2.24) is 20.7 Å². The minimum atomic E-state index is 0.0811. The fourth-order valence-electron chi connectivity index (χ4n) is 5.12. The number of methoxy groups -OCH3 is 2. The SMILES string of the molecule is COc1ccc(CNC(=O)C[C@@H]2CCNC[C@@H]2Cc2cc(CN3CCCCC3)on2)cc1OC. The van der Waals surface area contributed by atoms with Gasteiger partial charge in [0, 0.05) is 19.0 Å². The molecule has 2 aliphatic heterocycles. The molecule has 1 aromatic carbocycles. The van der Waals surface area contributed by atoms with Gasteiger partial charge in [-0.3, -0.25) is 9.69 Å². The number of carbonyl (C=O) groups is 1. The Balaban J connectivity index is 1.28. The zero-order valence-corrected chi connectivity index (χ0v) is 20.5. The normalized spacial score (nSPS) is 21.2. The molecule has 0 aliphatic carbocycles. The van der Waals surface area contributed by atoms with Crippen LogP contribution in [0.1, 0.15) is 49.1 Å². The van der Waals surface area contributed by atoms with Gasteiger partial charge in [-0.2, -0.15) is 0 Å². The van der Waals surface area contributed by atoms with Gasteiger partial charge in [0.2, 0.25) is 5.91 Å². The van der Waals surface area contributed by atoms with Crippen molar-refractivity contribution in [3.8, 4) is 11.5 Å². The van der Waals surface area contributed by atoms with E-state index in [4.69, 9.17) is 14.0 Å². The van der Waals surface area contributed by atoms with E-state index >= 15 is 0 Å². The van der Waals surface area contributed by atoms with Crippen LogP contribution in [0.4, 0.5) is 0 Å². The first kappa shape index (κ1) is 24.5. The molecular weight excluding hydrogens is 432 g/mol. The molecule has 0 spiro atoms. The average molecular weight is 471 g/mol. The van der Waals surface area contributed by atoms with Gasteiger partial charge in [-0.1, -0.05) is 17.6 Å². The number of nitrogens with zero attached hydrogens (tertiary/aromatic N) is 2. The van der Waals surface area contributed by atoms with Gasteiger partial charge in [0.1, 0.15) is 0 Å². The maximum atomic E-state index is 12.8. The van der Waals surface area contributed by atoms with Crippen LogP contribution < -0.4 is 20.1 Å². The summed E-state index contributed by atoms with van der Waals surface area (Å²) in [6.07, 6.45) is 6.22. The van der Waals surface area contributed by atoms with Crippen molar-refractivity contribution in [3.63, 3.8) is 0 Å². The number of aromatic nitrogens is 1. The largest absolute Gasteiger partial charge is 0.493 e. The molecule has 1 aromatic heterocycles. The third kappa shape index (κ3) is 6.73. The van der Waals surface area contributed by atoms with E-state index in [2.05, 4.69) is 26.8 Å². The van der Waals surface area contributed by atoms with E-state index in [1.807, 2.05) is 18.2 Å². The maximum absolute atomic E-state index is 12.8. The van der Waals surface area contributed by atoms with Gasteiger partial charge in [0.15, 0.2) is 17.3 Å². The summed E-state index contributed by atoms with van der Waals surface area (Å²) < 4.78 is 16.3. The minimum absolute atomic E-state index is 0.0811. The molecule has 2 aliphatic rings. The first-order chi connectivity index (χ1) is 16.6. The average Bonchev–Trinajstić information content (AvgIpc) is 3.31. The Morgan fingerprint density at radius 1 is 1.15 bits per heavy atom. The number of piperidine rings is 2. The van der Waals surface area contributed by atoms with Crippen LogP contribution in [0, 0.1) is 11.8 Å². The number of nitrogens with one attached hydrogen (secondary N) is 2. The lowest BCUT2D eigenvalue weighted by molar-refractivity contribution is -0.122. The smallest absolute Gasteiger partial charge is 0.220 e. The maximum Gasteiger partial charge on any atom is 0.220 e. The van der Waals surface area contributed by atoms with Crippen molar-refractivity contribution < 1.29 is 18.8 Å². The summed E-state index contributed by atoms with van der Waals surface area (Å²) in [5.41, 5.74) is 1.98. The molecule has 8 nitrogen and oxygen atoms in total. The predicted octanol–water partition coefficient (Wildman–Crippen LogP) is 3.15. The van der Waals surface area contributed by atoms with Crippen molar-refractivity contribution in [2.24, 2.45) is 11.8 Å².